The first-order chi connectivity index (χ1) is 8.99. The van der Waals surface area contributed by atoms with Crippen molar-refractivity contribution in [2.75, 3.05) is 0 Å². The molecule has 0 radical (unpaired) electrons. The van der Waals surface area contributed by atoms with Crippen molar-refractivity contribution < 1.29 is 5.11 Å². The van der Waals surface area contributed by atoms with E-state index in [0.717, 1.165) is 31.7 Å². The lowest BCUT2D eigenvalue weighted by Crippen LogP contribution is -2.52. The van der Waals surface area contributed by atoms with Crippen LogP contribution in [0.1, 0.15) is 45.6 Å². The van der Waals surface area contributed by atoms with Crippen molar-refractivity contribution in [2.24, 2.45) is 11.8 Å². The van der Waals surface area contributed by atoms with E-state index in [1.807, 2.05) is 13.0 Å². The molecule has 3 atom stereocenters. The van der Waals surface area contributed by atoms with Gasteiger partial charge in [-0.25, -0.2) is 0 Å². The molecule has 0 heterocycles. The van der Waals surface area contributed by atoms with E-state index in [2.05, 4.69) is 43.4 Å². The molecular weight excluding hydrogens is 234 g/mol. The second-order valence-electron chi connectivity index (χ2n) is 6.55. The molecule has 19 heavy (non-hydrogen) atoms. The zero-order chi connectivity index (χ0) is 13.9. The van der Waals surface area contributed by atoms with Crippen molar-refractivity contribution in [2.45, 2.75) is 58.2 Å². The molecule has 0 bridgehead atoms. The molecule has 1 aliphatic carbocycles. The molecule has 0 saturated heterocycles. The van der Waals surface area contributed by atoms with Gasteiger partial charge in [-0.2, -0.15) is 0 Å². The van der Waals surface area contributed by atoms with Crippen LogP contribution in [0.4, 0.5) is 0 Å². The number of aliphatic hydroxyl groups is 1. The molecule has 0 unspecified atom stereocenters. The molecule has 1 aliphatic rings. The first kappa shape index (κ1) is 14.5. The van der Waals surface area contributed by atoms with E-state index in [-0.39, 0.29) is 6.04 Å². The molecule has 0 aromatic heterocycles. The summed E-state index contributed by atoms with van der Waals surface area (Å²) in [6.45, 7) is 7.40. The average Bonchev–Trinajstić information content (AvgIpc) is 2.38. The topological polar surface area (TPSA) is 32.3 Å². The number of rotatable bonds is 4. The predicted octanol–water partition coefficient (Wildman–Crippen LogP) is 3.35. The van der Waals surface area contributed by atoms with E-state index in [0.29, 0.717) is 5.92 Å². The fraction of sp³-hybridized carbons (Fsp3) is 0.647. The summed E-state index contributed by atoms with van der Waals surface area (Å²) in [6.07, 6.45) is 3.13. The van der Waals surface area contributed by atoms with Crippen LogP contribution >= 0.6 is 0 Å². The van der Waals surface area contributed by atoms with Crippen molar-refractivity contribution in [1.29, 1.82) is 0 Å². The van der Waals surface area contributed by atoms with E-state index in [4.69, 9.17) is 0 Å². The maximum absolute atomic E-state index is 10.5. The molecule has 2 rings (SSSR count). The second kappa shape index (κ2) is 6.06. The summed E-state index contributed by atoms with van der Waals surface area (Å²) < 4.78 is 0. The van der Waals surface area contributed by atoms with Crippen LogP contribution in [-0.2, 0) is 6.54 Å². The van der Waals surface area contributed by atoms with E-state index in [1.54, 1.807) is 0 Å². The van der Waals surface area contributed by atoms with Gasteiger partial charge in [0.15, 0.2) is 0 Å². The van der Waals surface area contributed by atoms with Crippen molar-refractivity contribution in [1.82, 2.24) is 5.32 Å². The fourth-order valence-electron chi connectivity index (χ4n) is 3.07. The van der Waals surface area contributed by atoms with Crippen LogP contribution in [0.2, 0.25) is 0 Å². The number of benzene rings is 1. The zero-order valence-electron chi connectivity index (χ0n) is 12.4. The van der Waals surface area contributed by atoms with Crippen molar-refractivity contribution in [3.05, 3.63) is 35.9 Å². The Bertz CT molecular complexity index is 386. The van der Waals surface area contributed by atoms with Gasteiger partial charge in [0.2, 0.25) is 0 Å². The molecule has 2 heteroatoms. The van der Waals surface area contributed by atoms with Crippen molar-refractivity contribution in [3.63, 3.8) is 0 Å². The monoisotopic (exact) mass is 261 g/mol. The van der Waals surface area contributed by atoms with Gasteiger partial charge >= 0.3 is 0 Å². The molecule has 0 spiro atoms. The summed E-state index contributed by atoms with van der Waals surface area (Å²) in [4.78, 5) is 0. The van der Waals surface area contributed by atoms with Gasteiger partial charge in [-0.1, -0.05) is 44.2 Å². The fourth-order valence-corrected chi connectivity index (χ4v) is 3.07. The highest BCUT2D eigenvalue weighted by atomic mass is 16.3. The van der Waals surface area contributed by atoms with Crippen LogP contribution in [0.25, 0.3) is 0 Å². The highest BCUT2D eigenvalue weighted by molar-refractivity contribution is 5.14. The first-order valence-corrected chi connectivity index (χ1v) is 7.49. The third kappa shape index (κ3) is 3.80. The number of nitrogens with one attached hydrogen (secondary N) is 1. The van der Waals surface area contributed by atoms with Gasteiger partial charge in [-0.15, -0.1) is 0 Å². The summed E-state index contributed by atoms with van der Waals surface area (Å²) in [6, 6.07) is 10.6. The summed E-state index contributed by atoms with van der Waals surface area (Å²) >= 11 is 0. The lowest BCUT2D eigenvalue weighted by atomic mass is 9.72. The Hall–Kier alpha value is -0.860. The SMILES string of the molecule is CC(C)[C@@H]1CC[C@](C)(O)[C@@H](NCc2ccccc2)C1. The van der Waals surface area contributed by atoms with Gasteiger partial charge in [0.1, 0.15) is 0 Å². The Morgan fingerprint density at radius 3 is 2.63 bits per heavy atom. The van der Waals surface area contributed by atoms with Crippen LogP contribution in [0, 0.1) is 11.8 Å². The lowest BCUT2D eigenvalue weighted by Gasteiger charge is -2.42. The molecule has 1 aromatic rings. The van der Waals surface area contributed by atoms with E-state index in [1.165, 1.54) is 5.56 Å². The minimum Gasteiger partial charge on any atom is -0.389 e. The Balaban J connectivity index is 1.96. The van der Waals surface area contributed by atoms with Crippen molar-refractivity contribution >= 4 is 0 Å². The number of hydrogen-bond donors (Lipinski definition) is 2. The van der Waals surface area contributed by atoms with Gasteiger partial charge < -0.3 is 10.4 Å². The van der Waals surface area contributed by atoms with E-state index in [9.17, 15) is 5.11 Å². The lowest BCUT2D eigenvalue weighted by molar-refractivity contribution is -0.0309. The first-order valence-electron chi connectivity index (χ1n) is 7.49. The maximum Gasteiger partial charge on any atom is 0.0772 e. The van der Waals surface area contributed by atoms with Gasteiger partial charge in [0, 0.05) is 12.6 Å². The summed E-state index contributed by atoms with van der Waals surface area (Å²) in [5.41, 5.74) is 0.713. The summed E-state index contributed by atoms with van der Waals surface area (Å²) in [5, 5.41) is 14.1. The molecule has 1 fully saturated rings. The molecule has 2 nitrogen and oxygen atoms in total. The van der Waals surface area contributed by atoms with Crippen molar-refractivity contribution in [3.8, 4) is 0 Å². The molecule has 0 aliphatic heterocycles. The average molecular weight is 261 g/mol. The van der Waals surface area contributed by atoms with E-state index >= 15 is 0 Å². The van der Waals surface area contributed by atoms with Gasteiger partial charge in [0.05, 0.1) is 5.60 Å². The summed E-state index contributed by atoms with van der Waals surface area (Å²) in [5.74, 6) is 1.44. The summed E-state index contributed by atoms with van der Waals surface area (Å²) in [7, 11) is 0. The predicted molar refractivity (Wildman–Crippen MR) is 79.9 cm³/mol. The highest BCUT2D eigenvalue weighted by Crippen LogP contribution is 2.35. The van der Waals surface area contributed by atoms with Crippen LogP contribution < -0.4 is 5.32 Å². The minimum absolute atomic E-state index is 0.203. The van der Waals surface area contributed by atoms with Gasteiger partial charge in [0.25, 0.3) is 0 Å². The quantitative estimate of drug-likeness (QED) is 0.871. The smallest absolute Gasteiger partial charge is 0.0772 e. The molecule has 1 saturated carbocycles. The molecule has 0 amide bonds. The highest BCUT2D eigenvalue weighted by Gasteiger charge is 2.38. The van der Waals surface area contributed by atoms with Gasteiger partial charge in [-0.05, 0) is 43.6 Å². The second-order valence-corrected chi connectivity index (χ2v) is 6.55. The van der Waals surface area contributed by atoms with Crippen LogP contribution in [0.5, 0.6) is 0 Å². The molecule has 1 aromatic carbocycles. The van der Waals surface area contributed by atoms with Crippen LogP contribution in [0.15, 0.2) is 30.3 Å². The van der Waals surface area contributed by atoms with Crippen LogP contribution in [0.3, 0.4) is 0 Å². The van der Waals surface area contributed by atoms with Gasteiger partial charge in [-0.3, -0.25) is 0 Å². The molecule has 106 valence electrons. The zero-order valence-corrected chi connectivity index (χ0v) is 12.4. The van der Waals surface area contributed by atoms with Crippen LogP contribution in [-0.4, -0.2) is 16.7 Å². The number of hydrogen-bond acceptors (Lipinski definition) is 2. The third-order valence-electron chi connectivity index (χ3n) is 4.65. The Kier molecular flexibility index (Phi) is 4.64. The standard InChI is InChI=1S/C17H27NO/c1-13(2)15-9-10-17(3,19)16(11-15)18-12-14-7-5-4-6-8-14/h4-8,13,15-16,18-19H,9-12H2,1-3H3/t15-,16+,17+/m1/s1. The Morgan fingerprint density at radius 1 is 1.32 bits per heavy atom. The third-order valence-corrected chi connectivity index (χ3v) is 4.65. The molecular formula is C17H27NO. The largest absolute Gasteiger partial charge is 0.389 e. The minimum atomic E-state index is -0.569. The Labute approximate surface area is 117 Å². The Morgan fingerprint density at radius 2 is 2.00 bits per heavy atom. The normalized spacial score (nSPS) is 31.6. The van der Waals surface area contributed by atoms with E-state index < -0.39 is 5.60 Å². The molecule has 2 N–H and O–H groups in total. The maximum atomic E-state index is 10.5.